The summed E-state index contributed by atoms with van der Waals surface area (Å²) in [5.74, 6) is 2.20. The van der Waals surface area contributed by atoms with Crippen LogP contribution in [-0.2, 0) is 0 Å². The van der Waals surface area contributed by atoms with E-state index in [1.165, 1.54) is 0 Å². The van der Waals surface area contributed by atoms with Gasteiger partial charge in [-0.1, -0.05) is 20.3 Å². The van der Waals surface area contributed by atoms with Crippen molar-refractivity contribution < 1.29 is 4.74 Å². The lowest BCUT2D eigenvalue weighted by Gasteiger charge is -2.19. The van der Waals surface area contributed by atoms with Gasteiger partial charge in [0, 0.05) is 12.6 Å². The topological polar surface area (TPSA) is 59.1 Å². The van der Waals surface area contributed by atoms with Gasteiger partial charge in [-0.15, -0.1) is 0 Å². The third-order valence-electron chi connectivity index (χ3n) is 2.82. The highest BCUT2D eigenvalue weighted by atomic mass is 16.5. The molecule has 0 spiro atoms. The highest BCUT2D eigenvalue weighted by Gasteiger charge is 2.14. The SMILES string of the molecule is CCCC(CC)Nc1ncnc(NCC)c1OC. The van der Waals surface area contributed by atoms with Gasteiger partial charge >= 0.3 is 0 Å². The molecule has 1 rings (SSSR count). The Bertz CT molecular complexity index is 357. The molecule has 0 radical (unpaired) electrons. The molecule has 0 aliphatic heterocycles. The van der Waals surface area contributed by atoms with Crippen molar-refractivity contribution in [2.45, 2.75) is 46.1 Å². The van der Waals surface area contributed by atoms with Crippen LogP contribution in [0.25, 0.3) is 0 Å². The number of nitrogens with one attached hydrogen (secondary N) is 2. The van der Waals surface area contributed by atoms with E-state index in [4.69, 9.17) is 4.74 Å². The van der Waals surface area contributed by atoms with Crippen LogP contribution in [0.15, 0.2) is 6.33 Å². The number of methoxy groups -OCH3 is 1. The molecule has 102 valence electrons. The molecule has 0 aromatic carbocycles. The van der Waals surface area contributed by atoms with Crippen LogP contribution in [0, 0.1) is 0 Å². The second-order valence-corrected chi connectivity index (χ2v) is 4.17. The fraction of sp³-hybridized carbons (Fsp3) is 0.692. The summed E-state index contributed by atoms with van der Waals surface area (Å²) in [5, 5.41) is 6.61. The monoisotopic (exact) mass is 252 g/mol. The average Bonchev–Trinajstić information content (AvgIpc) is 2.39. The lowest BCUT2D eigenvalue weighted by molar-refractivity contribution is 0.413. The van der Waals surface area contributed by atoms with Crippen LogP contribution in [0.3, 0.4) is 0 Å². The van der Waals surface area contributed by atoms with Gasteiger partial charge in [0.05, 0.1) is 7.11 Å². The normalized spacial score (nSPS) is 12.0. The maximum absolute atomic E-state index is 5.40. The Morgan fingerprint density at radius 3 is 2.50 bits per heavy atom. The molecule has 5 nitrogen and oxygen atoms in total. The van der Waals surface area contributed by atoms with E-state index < -0.39 is 0 Å². The summed E-state index contributed by atoms with van der Waals surface area (Å²) in [6, 6.07) is 0.424. The molecule has 1 aromatic heterocycles. The van der Waals surface area contributed by atoms with Gasteiger partial charge in [0.15, 0.2) is 11.6 Å². The Balaban J connectivity index is 2.89. The molecule has 0 bridgehead atoms. The largest absolute Gasteiger partial charge is 0.490 e. The highest BCUT2D eigenvalue weighted by Crippen LogP contribution is 2.29. The fourth-order valence-electron chi connectivity index (χ4n) is 1.88. The van der Waals surface area contributed by atoms with Crippen LogP contribution in [0.5, 0.6) is 5.75 Å². The molecule has 0 amide bonds. The molecule has 0 saturated carbocycles. The van der Waals surface area contributed by atoms with Crippen molar-refractivity contribution >= 4 is 11.6 Å². The molecule has 5 heteroatoms. The quantitative estimate of drug-likeness (QED) is 0.745. The predicted molar refractivity (Wildman–Crippen MR) is 75.4 cm³/mol. The van der Waals surface area contributed by atoms with Gasteiger partial charge in [0.1, 0.15) is 6.33 Å². The van der Waals surface area contributed by atoms with Crippen LogP contribution in [0.2, 0.25) is 0 Å². The van der Waals surface area contributed by atoms with Crippen molar-refractivity contribution in [1.82, 2.24) is 9.97 Å². The molecule has 0 aliphatic rings. The molecular weight excluding hydrogens is 228 g/mol. The molecular formula is C13H24N4O. The van der Waals surface area contributed by atoms with Crippen molar-refractivity contribution in [2.75, 3.05) is 24.3 Å². The van der Waals surface area contributed by atoms with Gasteiger partial charge in [0.25, 0.3) is 0 Å². The number of rotatable bonds is 8. The first kappa shape index (κ1) is 14.5. The van der Waals surface area contributed by atoms with Crippen LogP contribution in [-0.4, -0.2) is 29.7 Å². The number of ether oxygens (including phenoxy) is 1. The van der Waals surface area contributed by atoms with E-state index in [-0.39, 0.29) is 0 Å². The summed E-state index contributed by atoms with van der Waals surface area (Å²) in [6.07, 6.45) is 4.90. The van der Waals surface area contributed by atoms with Crippen molar-refractivity contribution in [1.29, 1.82) is 0 Å². The van der Waals surface area contributed by atoms with Gasteiger partial charge < -0.3 is 15.4 Å². The van der Waals surface area contributed by atoms with Crippen molar-refractivity contribution in [2.24, 2.45) is 0 Å². The number of hydrogen-bond donors (Lipinski definition) is 2. The van der Waals surface area contributed by atoms with E-state index in [0.29, 0.717) is 11.8 Å². The Kier molecular flexibility index (Phi) is 6.25. The van der Waals surface area contributed by atoms with Gasteiger partial charge in [-0.05, 0) is 19.8 Å². The van der Waals surface area contributed by atoms with Gasteiger partial charge in [-0.25, -0.2) is 9.97 Å². The lowest BCUT2D eigenvalue weighted by atomic mass is 10.1. The van der Waals surface area contributed by atoms with Crippen molar-refractivity contribution in [3.05, 3.63) is 6.33 Å². The molecule has 1 heterocycles. The Morgan fingerprint density at radius 2 is 1.94 bits per heavy atom. The zero-order valence-electron chi connectivity index (χ0n) is 11.8. The number of anilines is 2. The zero-order chi connectivity index (χ0) is 13.4. The van der Waals surface area contributed by atoms with Gasteiger partial charge in [-0.2, -0.15) is 0 Å². The van der Waals surface area contributed by atoms with Crippen molar-refractivity contribution in [3.63, 3.8) is 0 Å². The summed E-state index contributed by atoms with van der Waals surface area (Å²) < 4.78 is 5.40. The lowest BCUT2D eigenvalue weighted by Crippen LogP contribution is -2.20. The van der Waals surface area contributed by atoms with Crippen LogP contribution in [0.4, 0.5) is 11.6 Å². The average molecular weight is 252 g/mol. The minimum atomic E-state index is 0.424. The summed E-state index contributed by atoms with van der Waals surface area (Å²) in [5.41, 5.74) is 0. The maximum atomic E-state index is 5.40. The number of aromatic nitrogens is 2. The standard InChI is InChI=1S/C13H24N4O/c1-5-8-10(6-2)17-13-11(18-4)12(14-7-3)15-9-16-13/h9-10H,5-8H2,1-4H3,(H2,14,15,16,17). The first-order chi connectivity index (χ1) is 8.76. The Labute approximate surface area is 109 Å². The molecule has 1 aromatic rings. The van der Waals surface area contributed by atoms with E-state index in [9.17, 15) is 0 Å². The van der Waals surface area contributed by atoms with Crippen molar-refractivity contribution in [3.8, 4) is 5.75 Å². The second-order valence-electron chi connectivity index (χ2n) is 4.17. The second kappa shape index (κ2) is 7.74. The molecule has 1 unspecified atom stereocenters. The molecule has 2 N–H and O–H groups in total. The molecule has 18 heavy (non-hydrogen) atoms. The maximum Gasteiger partial charge on any atom is 0.204 e. The third kappa shape index (κ3) is 3.75. The molecule has 0 fully saturated rings. The van der Waals surface area contributed by atoms with Crippen LogP contribution in [0.1, 0.15) is 40.0 Å². The first-order valence-corrected chi connectivity index (χ1v) is 6.66. The minimum absolute atomic E-state index is 0.424. The van der Waals surface area contributed by atoms with E-state index in [2.05, 4.69) is 34.4 Å². The zero-order valence-corrected chi connectivity index (χ0v) is 11.8. The van der Waals surface area contributed by atoms with E-state index in [1.54, 1.807) is 13.4 Å². The smallest absolute Gasteiger partial charge is 0.204 e. The minimum Gasteiger partial charge on any atom is -0.490 e. The van der Waals surface area contributed by atoms with E-state index >= 15 is 0 Å². The summed E-state index contributed by atoms with van der Waals surface area (Å²) >= 11 is 0. The third-order valence-corrected chi connectivity index (χ3v) is 2.82. The molecule has 0 aliphatic carbocycles. The predicted octanol–water partition coefficient (Wildman–Crippen LogP) is 2.91. The van der Waals surface area contributed by atoms with Gasteiger partial charge in [-0.3, -0.25) is 0 Å². The summed E-state index contributed by atoms with van der Waals surface area (Å²) in [6.45, 7) is 7.19. The molecule has 0 saturated heterocycles. The first-order valence-electron chi connectivity index (χ1n) is 6.66. The number of hydrogen-bond acceptors (Lipinski definition) is 5. The fourth-order valence-corrected chi connectivity index (χ4v) is 1.88. The van der Waals surface area contributed by atoms with E-state index in [1.807, 2.05) is 6.92 Å². The van der Waals surface area contributed by atoms with Crippen LogP contribution < -0.4 is 15.4 Å². The van der Waals surface area contributed by atoms with Gasteiger partial charge in [0.2, 0.25) is 5.75 Å². The molecule has 1 atom stereocenters. The summed E-state index contributed by atoms with van der Waals surface area (Å²) in [4.78, 5) is 8.47. The number of nitrogens with zero attached hydrogens (tertiary/aromatic N) is 2. The Morgan fingerprint density at radius 1 is 1.22 bits per heavy atom. The highest BCUT2D eigenvalue weighted by molar-refractivity contribution is 5.63. The van der Waals surface area contributed by atoms with Crippen LogP contribution >= 0.6 is 0 Å². The van der Waals surface area contributed by atoms with E-state index in [0.717, 1.165) is 37.4 Å². The Hall–Kier alpha value is -1.52. The summed E-state index contributed by atoms with van der Waals surface area (Å²) in [7, 11) is 1.64.